The fraction of sp³-hybridized carbons (Fsp3) is 0.292. The summed E-state index contributed by atoms with van der Waals surface area (Å²) in [6.07, 6.45) is 1.77. The predicted octanol–water partition coefficient (Wildman–Crippen LogP) is 5.97. The molecule has 172 valence electrons. The van der Waals surface area contributed by atoms with Crippen LogP contribution in [0.5, 0.6) is 5.75 Å². The van der Waals surface area contributed by atoms with E-state index in [-0.39, 0.29) is 18.0 Å². The van der Waals surface area contributed by atoms with Crippen molar-refractivity contribution < 1.29 is 9.53 Å². The zero-order chi connectivity index (χ0) is 23.8. The van der Waals surface area contributed by atoms with Crippen molar-refractivity contribution in [1.82, 2.24) is 10.3 Å². The highest BCUT2D eigenvalue weighted by Gasteiger charge is 2.41. The summed E-state index contributed by atoms with van der Waals surface area (Å²) in [6.45, 7) is 5.60. The number of pyridine rings is 1. The van der Waals surface area contributed by atoms with Gasteiger partial charge in [0.25, 0.3) is 0 Å². The first-order valence-corrected chi connectivity index (χ1v) is 12.0. The molecule has 0 bridgehead atoms. The Balaban J connectivity index is 1.74. The van der Waals surface area contributed by atoms with Crippen molar-refractivity contribution in [2.75, 3.05) is 17.3 Å². The molecule has 6 nitrogen and oxygen atoms in total. The monoisotopic (exact) mass is 500 g/mol. The number of hydrogen-bond donors (Lipinski definition) is 2. The number of anilines is 2. The van der Waals surface area contributed by atoms with Gasteiger partial charge in [-0.1, -0.05) is 38.4 Å². The minimum Gasteiger partial charge on any atom is -0.494 e. The number of aromatic nitrogens is 1. The summed E-state index contributed by atoms with van der Waals surface area (Å²) in [5.74, 6) is 0.463. The van der Waals surface area contributed by atoms with Crippen molar-refractivity contribution in [2.24, 2.45) is 5.41 Å². The quantitative estimate of drug-likeness (QED) is 0.421. The molecule has 1 amide bonds. The third-order valence-electron chi connectivity index (χ3n) is 5.38. The van der Waals surface area contributed by atoms with Crippen LogP contribution in [0.2, 0.25) is 4.34 Å². The first-order chi connectivity index (χ1) is 15.7. The Bertz CT molecular complexity index is 1180. The van der Waals surface area contributed by atoms with E-state index < -0.39 is 5.41 Å². The first kappa shape index (κ1) is 23.5. The Hall–Kier alpha value is -2.68. The summed E-state index contributed by atoms with van der Waals surface area (Å²) in [5.41, 5.74) is 1.81. The summed E-state index contributed by atoms with van der Waals surface area (Å²) in [5, 5.41) is 6.96. The smallest absolute Gasteiger partial charge is 0.229 e. The molecule has 4 rings (SSSR count). The van der Waals surface area contributed by atoms with Crippen LogP contribution >= 0.6 is 35.2 Å². The lowest BCUT2D eigenvalue weighted by Gasteiger charge is -2.27. The zero-order valence-electron chi connectivity index (χ0n) is 18.8. The van der Waals surface area contributed by atoms with Gasteiger partial charge in [0, 0.05) is 28.2 Å². The predicted molar refractivity (Wildman–Crippen MR) is 138 cm³/mol. The molecule has 2 atom stereocenters. The van der Waals surface area contributed by atoms with Gasteiger partial charge in [0.1, 0.15) is 5.75 Å². The number of nitrogens with one attached hydrogen (secondary N) is 2. The number of halogens is 1. The minimum absolute atomic E-state index is 0.0896. The van der Waals surface area contributed by atoms with Gasteiger partial charge >= 0.3 is 0 Å². The van der Waals surface area contributed by atoms with Crippen LogP contribution < -0.4 is 20.3 Å². The molecule has 9 heteroatoms. The summed E-state index contributed by atoms with van der Waals surface area (Å²) in [7, 11) is 1.58. The van der Waals surface area contributed by atoms with E-state index in [1.54, 1.807) is 13.3 Å². The number of benzene rings is 1. The number of thiocarbonyl (C=S) groups is 1. The standard InChI is InChI=1S/C24H25ClN4O2S2/c1-24(2,3)22(30)27-15-9-8-14(13-17(15)31-4)29-21(18-10-11-19(25)33-18)20(28-23(29)32)16-7-5-6-12-26-16/h5-13,20-21H,1-4H3,(H,27,30)(H,28,32)/t20-,21-/m1/s1. The maximum absolute atomic E-state index is 12.5. The average molecular weight is 501 g/mol. The van der Waals surface area contributed by atoms with Crippen molar-refractivity contribution in [3.05, 3.63) is 69.6 Å². The second kappa shape index (κ2) is 9.29. The number of rotatable bonds is 5. The van der Waals surface area contributed by atoms with Gasteiger partial charge in [0.15, 0.2) is 5.11 Å². The summed E-state index contributed by atoms with van der Waals surface area (Å²) in [6, 6.07) is 15.1. The molecule has 3 heterocycles. The normalized spacial score (nSPS) is 18.2. The molecule has 0 aliphatic carbocycles. The SMILES string of the molecule is COc1cc(N2C(=S)N[C@H](c3ccccn3)[C@H]2c2ccc(Cl)s2)ccc1NC(=O)C(C)(C)C. The highest BCUT2D eigenvalue weighted by molar-refractivity contribution is 7.80. The van der Waals surface area contributed by atoms with Crippen molar-refractivity contribution in [2.45, 2.75) is 32.9 Å². The van der Waals surface area contributed by atoms with Gasteiger partial charge in [-0.05, 0) is 48.6 Å². The van der Waals surface area contributed by atoms with Gasteiger partial charge in [-0.3, -0.25) is 9.78 Å². The van der Waals surface area contributed by atoms with Gasteiger partial charge < -0.3 is 20.3 Å². The molecule has 0 unspecified atom stereocenters. The van der Waals surface area contributed by atoms with Crippen LogP contribution in [0, 0.1) is 5.41 Å². The largest absolute Gasteiger partial charge is 0.494 e. The lowest BCUT2D eigenvalue weighted by Crippen LogP contribution is -2.29. The third-order valence-corrected chi connectivity index (χ3v) is 6.99. The molecule has 1 saturated heterocycles. The Morgan fingerprint density at radius 3 is 2.64 bits per heavy atom. The number of ether oxygens (including phenoxy) is 1. The fourth-order valence-electron chi connectivity index (χ4n) is 3.65. The molecule has 3 aromatic rings. The molecular weight excluding hydrogens is 476 g/mol. The second-order valence-corrected chi connectivity index (χ2v) is 10.9. The fourth-order valence-corrected chi connectivity index (χ4v) is 5.19. The van der Waals surface area contributed by atoms with Crippen LogP contribution in [0.4, 0.5) is 11.4 Å². The number of amides is 1. The van der Waals surface area contributed by atoms with Crippen LogP contribution in [-0.2, 0) is 4.79 Å². The number of carbonyl (C=O) groups is 1. The van der Waals surface area contributed by atoms with E-state index in [9.17, 15) is 4.79 Å². The summed E-state index contributed by atoms with van der Waals surface area (Å²) in [4.78, 5) is 20.2. The van der Waals surface area contributed by atoms with Gasteiger partial charge in [0.2, 0.25) is 5.91 Å². The van der Waals surface area contributed by atoms with Gasteiger partial charge in [-0.15, -0.1) is 11.3 Å². The number of thiophene rings is 1. The average Bonchev–Trinajstić information content (AvgIpc) is 3.36. The Labute approximate surface area is 207 Å². The maximum Gasteiger partial charge on any atom is 0.229 e. The second-order valence-electron chi connectivity index (χ2n) is 8.73. The molecule has 2 aromatic heterocycles. The molecule has 1 aliphatic heterocycles. The van der Waals surface area contributed by atoms with Crippen molar-refractivity contribution in [3.8, 4) is 5.75 Å². The molecule has 33 heavy (non-hydrogen) atoms. The highest BCUT2D eigenvalue weighted by atomic mass is 35.5. The Morgan fingerprint density at radius 1 is 1.24 bits per heavy atom. The van der Waals surface area contributed by atoms with Crippen molar-refractivity contribution in [3.63, 3.8) is 0 Å². The van der Waals surface area contributed by atoms with Gasteiger partial charge in [-0.2, -0.15) is 0 Å². The Morgan fingerprint density at radius 2 is 2.03 bits per heavy atom. The number of hydrogen-bond acceptors (Lipinski definition) is 5. The molecule has 0 saturated carbocycles. The number of methoxy groups -OCH3 is 1. The Kier molecular flexibility index (Phi) is 6.61. The molecule has 1 aromatic carbocycles. The van der Waals surface area contributed by atoms with Gasteiger partial charge in [-0.25, -0.2) is 0 Å². The van der Waals surface area contributed by atoms with E-state index in [1.165, 1.54) is 11.3 Å². The van der Waals surface area contributed by atoms with Gasteiger partial charge in [0.05, 0.1) is 34.9 Å². The highest BCUT2D eigenvalue weighted by Crippen LogP contribution is 2.45. The van der Waals surface area contributed by atoms with E-state index in [1.807, 2.05) is 69.3 Å². The lowest BCUT2D eigenvalue weighted by atomic mass is 9.95. The van der Waals surface area contributed by atoms with Crippen LogP contribution in [0.1, 0.15) is 43.4 Å². The first-order valence-electron chi connectivity index (χ1n) is 10.4. The van der Waals surface area contributed by atoms with E-state index >= 15 is 0 Å². The lowest BCUT2D eigenvalue weighted by molar-refractivity contribution is -0.123. The van der Waals surface area contributed by atoms with E-state index in [0.717, 1.165) is 16.3 Å². The van der Waals surface area contributed by atoms with Crippen LogP contribution in [0.15, 0.2) is 54.7 Å². The molecule has 0 spiro atoms. The van der Waals surface area contributed by atoms with Crippen molar-refractivity contribution >= 4 is 57.5 Å². The molecular formula is C24H25ClN4O2S2. The minimum atomic E-state index is -0.524. The molecule has 2 N–H and O–H groups in total. The number of carbonyl (C=O) groups excluding carboxylic acids is 1. The summed E-state index contributed by atoms with van der Waals surface area (Å²) < 4.78 is 6.32. The van der Waals surface area contributed by atoms with Crippen LogP contribution in [0.3, 0.4) is 0 Å². The topological polar surface area (TPSA) is 66.5 Å². The molecule has 1 fully saturated rings. The van der Waals surface area contributed by atoms with E-state index in [4.69, 9.17) is 28.6 Å². The zero-order valence-corrected chi connectivity index (χ0v) is 21.1. The maximum atomic E-state index is 12.5. The van der Waals surface area contributed by atoms with E-state index in [2.05, 4.69) is 20.5 Å². The van der Waals surface area contributed by atoms with Crippen LogP contribution in [-0.4, -0.2) is 23.1 Å². The summed E-state index contributed by atoms with van der Waals surface area (Å²) >= 11 is 13.6. The van der Waals surface area contributed by atoms with Crippen LogP contribution in [0.25, 0.3) is 0 Å². The molecule has 1 aliphatic rings. The number of nitrogens with zero attached hydrogens (tertiary/aromatic N) is 2. The van der Waals surface area contributed by atoms with Crippen molar-refractivity contribution in [1.29, 1.82) is 0 Å². The van der Waals surface area contributed by atoms with E-state index in [0.29, 0.717) is 20.9 Å². The molecule has 0 radical (unpaired) electrons. The third kappa shape index (κ3) is 4.83.